The largest absolute Gasteiger partial charge is 0.471 e. The molecule has 2 aromatic rings. The zero-order valence-corrected chi connectivity index (χ0v) is 29.2. The van der Waals surface area contributed by atoms with Crippen LogP contribution in [0.15, 0.2) is 72.3 Å². The fourth-order valence-corrected chi connectivity index (χ4v) is 12.9. The van der Waals surface area contributed by atoms with Gasteiger partial charge in [-0.15, -0.1) is 0 Å². The normalized spacial score (nSPS) is 23.4. The first-order valence-corrected chi connectivity index (χ1v) is 18.6. The third-order valence-electron chi connectivity index (χ3n) is 10.2. The monoisotopic (exact) mass is 657 g/mol. The van der Waals surface area contributed by atoms with E-state index in [4.69, 9.17) is 9.16 Å². The van der Waals surface area contributed by atoms with Gasteiger partial charge in [0, 0.05) is 23.8 Å². The van der Waals surface area contributed by atoms with Crippen LogP contribution in [0.5, 0.6) is 0 Å². The number of hydrogen-bond donors (Lipinski definition) is 0. The SMILES string of the molecule is CCOC(=O)/C(C)=C\C[C@H]1CCC[C@]2(CCC[C@@H]2[C@@H](C)CO[Si](c2ccccc2)(c2ccccc2)C(C)(C)C)N1C(=O)C(F)(F)F. The van der Waals surface area contributed by atoms with Crippen molar-refractivity contribution in [3.8, 4) is 0 Å². The summed E-state index contributed by atoms with van der Waals surface area (Å²) in [6, 6.07) is 20.0. The van der Waals surface area contributed by atoms with E-state index in [-0.39, 0.29) is 29.9 Å². The van der Waals surface area contributed by atoms with Gasteiger partial charge in [0.15, 0.2) is 0 Å². The lowest BCUT2D eigenvalue weighted by Crippen LogP contribution is -2.67. The molecule has 1 aliphatic carbocycles. The molecule has 1 aliphatic heterocycles. The molecule has 1 saturated carbocycles. The van der Waals surface area contributed by atoms with E-state index in [1.54, 1.807) is 19.9 Å². The van der Waals surface area contributed by atoms with E-state index in [0.29, 0.717) is 31.4 Å². The van der Waals surface area contributed by atoms with E-state index in [0.717, 1.165) is 29.6 Å². The highest BCUT2D eigenvalue weighted by Crippen LogP contribution is 2.52. The van der Waals surface area contributed by atoms with Gasteiger partial charge in [0.2, 0.25) is 0 Å². The predicted molar refractivity (Wildman–Crippen MR) is 178 cm³/mol. The molecule has 9 heteroatoms. The fourth-order valence-electron chi connectivity index (χ4n) is 8.27. The van der Waals surface area contributed by atoms with Crippen molar-refractivity contribution in [2.24, 2.45) is 11.8 Å². The molecule has 1 heterocycles. The number of carbonyl (C=O) groups is 2. The van der Waals surface area contributed by atoms with E-state index < -0.39 is 38.0 Å². The minimum Gasteiger partial charge on any atom is -0.463 e. The van der Waals surface area contributed by atoms with Crippen LogP contribution in [0, 0.1) is 11.8 Å². The summed E-state index contributed by atoms with van der Waals surface area (Å²) in [6.45, 7) is 12.6. The van der Waals surface area contributed by atoms with E-state index in [9.17, 15) is 22.8 Å². The average molecular weight is 658 g/mol. The molecule has 5 nitrogen and oxygen atoms in total. The van der Waals surface area contributed by atoms with Crippen molar-refractivity contribution >= 4 is 30.6 Å². The summed E-state index contributed by atoms with van der Waals surface area (Å²) in [4.78, 5) is 26.8. The van der Waals surface area contributed by atoms with E-state index in [2.05, 4.69) is 52.0 Å². The van der Waals surface area contributed by atoms with Gasteiger partial charge < -0.3 is 14.1 Å². The maximum absolute atomic E-state index is 14.3. The Balaban J connectivity index is 1.70. The molecule has 2 aliphatic rings. The van der Waals surface area contributed by atoms with E-state index in [1.165, 1.54) is 4.90 Å². The number of likely N-dealkylation sites (tertiary alicyclic amines) is 1. The minimum absolute atomic E-state index is 0.0942. The van der Waals surface area contributed by atoms with Crippen molar-refractivity contribution in [1.29, 1.82) is 0 Å². The first-order chi connectivity index (χ1) is 21.7. The van der Waals surface area contributed by atoms with Crippen LogP contribution in [-0.4, -0.2) is 56.1 Å². The number of ether oxygens (including phenoxy) is 1. The molecule has 46 heavy (non-hydrogen) atoms. The van der Waals surface area contributed by atoms with Crippen molar-refractivity contribution in [1.82, 2.24) is 4.90 Å². The Hall–Kier alpha value is -2.91. The number of carbonyl (C=O) groups excluding carboxylic acids is 2. The summed E-state index contributed by atoms with van der Waals surface area (Å²) in [7, 11) is -2.86. The third kappa shape index (κ3) is 7.15. The van der Waals surface area contributed by atoms with Crippen molar-refractivity contribution in [2.45, 2.75) is 109 Å². The molecule has 4 atom stereocenters. The molecule has 0 radical (unpaired) electrons. The first kappa shape index (κ1) is 35.9. The van der Waals surface area contributed by atoms with Crippen molar-refractivity contribution in [2.75, 3.05) is 13.2 Å². The Morgan fingerprint density at radius 3 is 2.02 bits per heavy atom. The Labute approximate surface area is 273 Å². The summed E-state index contributed by atoms with van der Waals surface area (Å²) >= 11 is 0. The van der Waals surface area contributed by atoms with Gasteiger partial charge in [-0.3, -0.25) is 4.79 Å². The standard InChI is InChI=1S/C37H50F3NO4Si/c1-7-44-33(42)27(2)22-23-29-16-14-24-36(41(29)34(43)37(38,39)40)25-15-21-32(36)28(3)26-45-46(35(4,5)6,30-17-10-8-11-18-30)31-19-12-9-13-20-31/h8-13,17-20,22,28-29,32H,7,14-16,21,23-26H2,1-6H3/b27-22-/t28-,29+,32+,36+/m0/s1. The molecule has 0 N–H and O–H groups in total. The van der Waals surface area contributed by atoms with E-state index in [1.807, 2.05) is 36.4 Å². The Morgan fingerprint density at radius 1 is 0.978 bits per heavy atom. The third-order valence-corrected chi connectivity index (χ3v) is 15.2. The minimum atomic E-state index is -5.00. The number of esters is 1. The number of hydrogen-bond acceptors (Lipinski definition) is 4. The number of amides is 1. The van der Waals surface area contributed by atoms with Gasteiger partial charge in [-0.1, -0.05) is 101 Å². The fraction of sp³-hybridized carbons (Fsp3) is 0.568. The van der Waals surface area contributed by atoms with Gasteiger partial charge in [-0.2, -0.15) is 13.2 Å². The summed E-state index contributed by atoms with van der Waals surface area (Å²) in [5.74, 6) is -2.51. The van der Waals surface area contributed by atoms with Crippen LogP contribution in [0.4, 0.5) is 13.2 Å². The number of halogens is 3. The van der Waals surface area contributed by atoms with Crippen LogP contribution >= 0.6 is 0 Å². The highest BCUT2D eigenvalue weighted by atomic mass is 28.4. The molecule has 2 fully saturated rings. The lowest BCUT2D eigenvalue weighted by atomic mass is 9.71. The van der Waals surface area contributed by atoms with Crippen LogP contribution in [-0.2, 0) is 18.8 Å². The van der Waals surface area contributed by atoms with Gasteiger partial charge in [0.25, 0.3) is 8.32 Å². The lowest BCUT2D eigenvalue weighted by Gasteiger charge is -2.54. The predicted octanol–water partition coefficient (Wildman–Crippen LogP) is 7.58. The van der Waals surface area contributed by atoms with Crippen molar-refractivity contribution in [3.05, 3.63) is 72.3 Å². The summed E-state index contributed by atoms with van der Waals surface area (Å²) in [5.41, 5.74) is -0.578. The van der Waals surface area contributed by atoms with Gasteiger partial charge >= 0.3 is 18.1 Å². The topological polar surface area (TPSA) is 55.8 Å². The number of nitrogens with zero attached hydrogens (tertiary/aromatic N) is 1. The number of benzene rings is 2. The van der Waals surface area contributed by atoms with Gasteiger partial charge in [-0.05, 0) is 79.6 Å². The molecular formula is C37H50F3NO4Si. The number of rotatable bonds is 10. The molecule has 2 aromatic carbocycles. The summed E-state index contributed by atoms with van der Waals surface area (Å²) in [6.07, 6.45) is 0.529. The maximum Gasteiger partial charge on any atom is 0.471 e. The second-order valence-electron chi connectivity index (χ2n) is 14.1. The molecular weight excluding hydrogens is 607 g/mol. The van der Waals surface area contributed by atoms with Crippen molar-refractivity contribution < 1.29 is 31.9 Å². The molecule has 252 valence electrons. The second kappa shape index (κ2) is 14.5. The zero-order valence-electron chi connectivity index (χ0n) is 28.2. The zero-order chi connectivity index (χ0) is 33.8. The first-order valence-electron chi connectivity index (χ1n) is 16.7. The lowest BCUT2D eigenvalue weighted by molar-refractivity contribution is -0.201. The van der Waals surface area contributed by atoms with Crippen LogP contribution < -0.4 is 10.4 Å². The summed E-state index contributed by atoms with van der Waals surface area (Å²) in [5, 5.41) is 2.06. The van der Waals surface area contributed by atoms with Crippen LogP contribution in [0.3, 0.4) is 0 Å². The van der Waals surface area contributed by atoms with E-state index >= 15 is 0 Å². The Kier molecular flexibility index (Phi) is 11.3. The Morgan fingerprint density at radius 2 is 1.52 bits per heavy atom. The quantitative estimate of drug-likeness (QED) is 0.150. The molecule has 0 bridgehead atoms. The average Bonchev–Trinajstić information content (AvgIpc) is 3.43. The number of alkyl halides is 3. The molecule has 1 amide bonds. The highest BCUT2D eigenvalue weighted by Gasteiger charge is 2.59. The summed E-state index contributed by atoms with van der Waals surface area (Å²) < 4.78 is 55.3. The van der Waals surface area contributed by atoms with Crippen LogP contribution in [0.1, 0.15) is 86.5 Å². The molecule has 1 saturated heterocycles. The second-order valence-corrected chi connectivity index (χ2v) is 18.4. The van der Waals surface area contributed by atoms with Gasteiger partial charge in [-0.25, -0.2) is 4.79 Å². The van der Waals surface area contributed by atoms with Crippen LogP contribution in [0.2, 0.25) is 5.04 Å². The highest BCUT2D eigenvalue weighted by molar-refractivity contribution is 6.99. The molecule has 4 rings (SSSR count). The number of piperidine rings is 1. The van der Waals surface area contributed by atoms with Gasteiger partial charge in [0.05, 0.1) is 6.61 Å². The smallest absolute Gasteiger partial charge is 0.463 e. The maximum atomic E-state index is 14.3. The van der Waals surface area contributed by atoms with Crippen molar-refractivity contribution in [3.63, 3.8) is 0 Å². The molecule has 1 spiro atoms. The van der Waals surface area contributed by atoms with Gasteiger partial charge in [0.1, 0.15) is 0 Å². The Bertz CT molecular complexity index is 1320. The molecule has 0 aromatic heterocycles. The van der Waals surface area contributed by atoms with Crippen LogP contribution in [0.25, 0.3) is 0 Å². The molecule has 0 unspecified atom stereocenters.